The Hall–Kier alpha value is -1.97. The molecule has 5 heteroatoms. The molecule has 2 aromatic carbocycles. The van der Waals surface area contributed by atoms with Gasteiger partial charge in [0, 0.05) is 11.6 Å². The van der Waals surface area contributed by atoms with Gasteiger partial charge < -0.3 is 5.73 Å². The van der Waals surface area contributed by atoms with E-state index >= 15 is 0 Å². The first-order chi connectivity index (χ1) is 9.66. The average Bonchev–Trinajstić information content (AvgIpc) is 2.81. The Morgan fingerprint density at radius 1 is 0.900 bits per heavy atom. The Kier molecular flexibility index (Phi) is 3.38. The molecule has 0 amide bonds. The maximum absolute atomic E-state index is 6.18. The van der Waals surface area contributed by atoms with Gasteiger partial charge in [0.15, 0.2) is 0 Å². The Morgan fingerprint density at radius 2 is 1.55 bits per heavy atom. The van der Waals surface area contributed by atoms with Crippen molar-refractivity contribution in [3.63, 3.8) is 0 Å². The Labute approximate surface area is 126 Å². The van der Waals surface area contributed by atoms with Crippen LogP contribution in [0.15, 0.2) is 54.6 Å². The molecular weight excluding hydrogens is 293 g/mol. The van der Waals surface area contributed by atoms with Crippen molar-refractivity contribution >= 4 is 29.0 Å². The van der Waals surface area contributed by atoms with E-state index in [2.05, 4.69) is 5.10 Å². The monoisotopic (exact) mass is 303 g/mol. The molecule has 0 saturated heterocycles. The van der Waals surface area contributed by atoms with Gasteiger partial charge in [0.05, 0.1) is 21.4 Å². The lowest BCUT2D eigenvalue weighted by atomic mass is 10.1. The highest BCUT2D eigenvalue weighted by Gasteiger charge is 2.12. The molecule has 0 aliphatic heterocycles. The topological polar surface area (TPSA) is 43.8 Å². The molecule has 0 spiro atoms. The Bertz CT molecular complexity index is 765. The maximum Gasteiger partial charge on any atom is 0.127 e. The molecule has 100 valence electrons. The molecule has 1 aromatic heterocycles. The summed E-state index contributed by atoms with van der Waals surface area (Å²) in [5.41, 5.74) is 8.32. The summed E-state index contributed by atoms with van der Waals surface area (Å²) in [5.74, 6) is 0.507. The number of rotatable bonds is 2. The minimum atomic E-state index is 0.507. The van der Waals surface area contributed by atoms with Gasteiger partial charge in [-0.25, -0.2) is 4.68 Å². The van der Waals surface area contributed by atoms with Crippen molar-refractivity contribution in [2.45, 2.75) is 0 Å². The first kappa shape index (κ1) is 13.0. The molecular formula is C15H11Cl2N3. The van der Waals surface area contributed by atoms with Crippen LogP contribution in [0.5, 0.6) is 0 Å². The predicted molar refractivity (Wildman–Crippen MR) is 83.4 cm³/mol. The molecule has 3 aromatic rings. The first-order valence-corrected chi connectivity index (χ1v) is 6.78. The lowest BCUT2D eigenvalue weighted by Crippen LogP contribution is -2.02. The summed E-state index contributed by atoms with van der Waals surface area (Å²) in [4.78, 5) is 0. The van der Waals surface area contributed by atoms with E-state index in [0.29, 0.717) is 21.6 Å². The molecule has 0 fully saturated rings. The number of hydrogen-bond donors (Lipinski definition) is 1. The van der Waals surface area contributed by atoms with Crippen LogP contribution in [0, 0.1) is 0 Å². The lowest BCUT2D eigenvalue weighted by molar-refractivity contribution is 0.895. The van der Waals surface area contributed by atoms with Crippen molar-refractivity contribution in [1.29, 1.82) is 0 Å². The molecule has 3 nitrogen and oxygen atoms in total. The fourth-order valence-corrected chi connectivity index (χ4v) is 2.46. The summed E-state index contributed by atoms with van der Waals surface area (Å²) in [6.07, 6.45) is 0. The molecule has 0 aliphatic rings. The van der Waals surface area contributed by atoms with E-state index in [9.17, 15) is 0 Å². The third kappa shape index (κ3) is 2.26. The first-order valence-electron chi connectivity index (χ1n) is 6.02. The van der Waals surface area contributed by atoms with E-state index in [1.807, 2.05) is 42.5 Å². The maximum atomic E-state index is 6.18. The van der Waals surface area contributed by atoms with Crippen LogP contribution >= 0.6 is 23.2 Å². The quantitative estimate of drug-likeness (QED) is 0.761. The zero-order valence-corrected chi connectivity index (χ0v) is 11.9. The zero-order valence-electron chi connectivity index (χ0n) is 10.4. The fourth-order valence-electron chi connectivity index (χ4n) is 2.01. The number of benzene rings is 2. The average molecular weight is 304 g/mol. The van der Waals surface area contributed by atoms with Crippen molar-refractivity contribution in [2.24, 2.45) is 0 Å². The summed E-state index contributed by atoms with van der Waals surface area (Å²) in [6, 6.07) is 16.7. The van der Waals surface area contributed by atoms with Crippen molar-refractivity contribution in [2.75, 3.05) is 5.73 Å². The number of aromatic nitrogens is 2. The Morgan fingerprint density at radius 3 is 2.25 bits per heavy atom. The highest BCUT2D eigenvalue weighted by atomic mass is 35.5. The second kappa shape index (κ2) is 5.19. The molecule has 0 bridgehead atoms. The van der Waals surface area contributed by atoms with Crippen LogP contribution in [0.3, 0.4) is 0 Å². The predicted octanol–water partition coefficient (Wildman–Crippen LogP) is 4.43. The molecule has 0 atom stereocenters. The molecule has 0 radical (unpaired) electrons. The lowest BCUT2D eigenvalue weighted by Gasteiger charge is -2.05. The summed E-state index contributed by atoms with van der Waals surface area (Å²) >= 11 is 12.4. The van der Waals surface area contributed by atoms with Gasteiger partial charge in [-0.15, -0.1) is 0 Å². The molecule has 3 rings (SSSR count). The van der Waals surface area contributed by atoms with Gasteiger partial charge in [0.1, 0.15) is 5.82 Å². The standard InChI is InChI=1S/C15H11Cl2N3/c16-11-6-2-1-5-10(11)13-9-15(18)20(19-13)14-8-4-3-7-12(14)17/h1-9H,18H2. The van der Waals surface area contributed by atoms with Crippen LogP contribution in [0.25, 0.3) is 16.9 Å². The van der Waals surface area contributed by atoms with E-state index in [1.165, 1.54) is 0 Å². The molecule has 0 aliphatic carbocycles. The SMILES string of the molecule is Nc1cc(-c2ccccc2Cl)nn1-c1ccccc1Cl. The molecule has 0 saturated carbocycles. The van der Waals surface area contributed by atoms with Crippen molar-refractivity contribution < 1.29 is 0 Å². The van der Waals surface area contributed by atoms with E-state index in [0.717, 1.165) is 11.3 Å². The highest BCUT2D eigenvalue weighted by molar-refractivity contribution is 6.33. The second-order valence-electron chi connectivity index (χ2n) is 4.30. The minimum absolute atomic E-state index is 0.507. The van der Waals surface area contributed by atoms with Crippen molar-refractivity contribution in [3.05, 3.63) is 64.6 Å². The molecule has 2 N–H and O–H groups in total. The number of para-hydroxylation sites is 1. The summed E-state index contributed by atoms with van der Waals surface area (Å²) < 4.78 is 1.61. The van der Waals surface area contributed by atoms with E-state index < -0.39 is 0 Å². The largest absolute Gasteiger partial charge is 0.384 e. The van der Waals surface area contributed by atoms with Crippen LogP contribution in [0.2, 0.25) is 10.0 Å². The van der Waals surface area contributed by atoms with Crippen LogP contribution in [0.1, 0.15) is 0 Å². The number of hydrogen-bond acceptors (Lipinski definition) is 2. The van der Waals surface area contributed by atoms with Gasteiger partial charge in [-0.3, -0.25) is 0 Å². The number of nitrogen functional groups attached to an aromatic ring is 1. The van der Waals surface area contributed by atoms with Gasteiger partial charge in [-0.2, -0.15) is 5.10 Å². The molecule has 20 heavy (non-hydrogen) atoms. The number of nitrogens with two attached hydrogens (primary N) is 1. The third-order valence-electron chi connectivity index (χ3n) is 2.97. The Balaban J connectivity index is 2.13. The van der Waals surface area contributed by atoms with Crippen LogP contribution < -0.4 is 5.73 Å². The highest BCUT2D eigenvalue weighted by Crippen LogP contribution is 2.30. The summed E-state index contributed by atoms with van der Waals surface area (Å²) in [6.45, 7) is 0. The number of nitrogens with zero attached hydrogens (tertiary/aromatic N) is 2. The van der Waals surface area contributed by atoms with Gasteiger partial charge in [-0.05, 0) is 18.2 Å². The van der Waals surface area contributed by atoms with Gasteiger partial charge in [-0.1, -0.05) is 53.5 Å². The van der Waals surface area contributed by atoms with Crippen LogP contribution in [-0.4, -0.2) is 9.78 Å². The van der Waals surface area contributed by atoms with Gasteiger partial charge in [0.25, 0.3) is 0 Å². The molecule has 0 unspecified atom stereocenters. The normalized spacial score (nSPS) is 10.7. The third-order valence-corrected chi connectivity index (χ3v) is 3.62. The molecule has 1 heterocycles. The second-order valence-corrected chi connectivity index (χ2v) is 5.11. The van der Waals surface area contributed by atoms with Crippen LogP contribution in [-0.2, 0) is 0 Å². The van der Waals surface area contributed by atoms with Gasteiger partial charge >= 0.3 is 0 Å². The number of halogens is 2. The van der Waals surface area contributed by atoms with E-state index in [4.69, 9.17) is 28.9 Å². The summed E-state index contributed by atoms with van der Waals surface area (Å²) in [7, 11) is 0. The van der Waals surface area contributed by atoms with E-state index in [-0.39, 0.29) is 0 Å². The number of anilines is 1. The summed E-state index contributed by atoms with van der Waals surface area (Å²) in [5, 5.41) is 5.72. The fraction of sp³-hybridized carbons (Fsp3) is 0. The van der Waals surface area contributed by atoms with E-state index in [1.54, 1.807) is 16.8 Å². The zero-order chi connectivity index (χ0) is 14.1. The van der Waals surface area contributed by atoms with Crippen LogP contribution in [0.4, 0.5) is 5.82 Å². The minimum Gasteiger partial charge on any atom is -0.384 e. The van der Waals surface area contributed by atoms with Gasteiger partial charge in [0.2, 0.25) is 0 Å². The van der Waals surface area contributed by atoms with Crippen molar-refractivity contribution in [3.8, 4) is 16.9 Å². The smallest absolute Gasteiger partial charge is 0.127 e. The van der Waals surface area contributed by atoms with Crippen molar-refractivity contribution in [1.82, 2.24) is 9.78 Å².